The Morgan fingerprint density at radius 2 is 1.43 bits per heavy atom. The molecule has 0 saturated carbocycles. The smallest absolute Gasteiger partial charge is 0.408 e. The fourth-order valence-corrected chi connectivity index (χ4v) is 5.78. The summed E-state index contributed by atoms with van der Waals surface area (Å²) in [7, 11) is 0. The van der Waals surface area contributed by atoms with Gasteiger partial charge >= 0.3 is 6.09 Å². The molecule has 4 aromatic rings. The lowest BCUT2D eigenvalue weighted by atomic mass is 9.93. The van der Waals surface area contributed by atoms with Crippen molar-refractivity contribution in [3.8, 4) is 0 Å². The summed E-state index contributed by atoms with van der Waals surface area (Å²) in [4.78, 5) is 44.4. The van der Waals surface area contributed by atoms with Crippen molar-refractivity contribution < 1.29 is 19.1 Å². The van der Waals surface area contributed by atoms with Gasteiger partial charge in [-0.2, -0.15) is 0 Å². The number of ether oxygens (including phenoxy) is 1. The second kappa shape index (κ2) is 15.8. The summed E-state index contributed by atoms with van der Waals surface area (Å²) in [5.74, 6) is -0.273. The zero-order valence-corrected chi connectivity index (χ0v) is 28.7. The standard InChI is InChI=1S/C40H49N3O4/c1-27(2)21-22-29(4)43(38(45)35(25-30-16-9-8-10-17-30)42-39(46)47-40(5,6)7)36(34-20-14-11-15-28(34)3)37(44)41-33-24-23-31-18-12-13-19-32(31)26-33/h8-20,23-24,26-27,29,35-36H,21-22,25H2,1-7H3,(H,41,44)(H,42,46). The van der Waals surface area contributed by atoms with Crippen molar-refractivity contribution in [2.24, 2.45) is 5.92 Å². The van der Waals surface area contributed by atoms with Crippen LogP contribution in [0.4, 0.5) is 10.5 Å². The highest BCUT2D eigenvalue weighted by Crippen LogP contribution is 2.31. The fourth-order valence-electron chi connectivity index (χ4n) is 5.78. The molecule has 7 heteroatoms. The Hall–Kier alpha value is -4.65. The molecule has 0 fully saturated rings. The van der Waals surface area contributed by atoms with Crippen LogP contribution in [-0.2, 0) is 20.7 Å². The quantitative estimate of drug-likeness (QED) is 0.163. The molecule has 3 atom stereocenters. The minimum atomic E-state index is -0.978. The third kappa shape index (κ3) is 9.92. The number of nitrogens with zero attached hydrogens (tertiary/aromatic N) is 1. The Morgan fingerprint density at radius 3 is 2.09 bits per heavy atom. The maximum Gasteiger partial charge on any atom is 0.408 e. The SMILES string of the molecule is Cc1ccccc1C(C(=O)Nc1ccc2ccccc2c1)N(C(=O)C(Cc1ccccc1)NC(=O)OC(C)(C)C)C(C)CCC(C)C. The summed E-state index contributed by atoms with van der Waals surface area (Å²) in [6.07, 6.45) is 1.09. The van der Waals surface area contributed by atoms with Gasteiger partial charge in [0.25, 0.3) is 5.91 Å². The van der Waals surface area contributed by atoms with E-state index in [0.717, 1.165) is 33.9 Å². The predicted molar refractivity (Wildman–Crippen MR) is 190 cm³/mol. The van der Waals surface area contributed by atoms with Gasteiger partial charge in [0.2, 0.25) is 5.91 Å². The first-order chi connectivity index (χ1) is 22.3. The highest BCUT2D eigenvalue weighted by molar-refractivity contribution is 6.00. The molecule has 0 spiro atoms. The first-order valence-electron chi connectivity index (χ1n) is 16.5. The minimum Gasteiger partial charge on any atom is -0.444 e. The normalized spacial score (nSPS) is 13.4. The Kier molecular flexibility index (Phi) is 11.8. The van der Waals surface area contributed by atoms with Gasteiger partial charge in [0.1, 0.15) is 17.7 Å². The number of fused-ring (bicyclic) bond motifs is 1. The maximum atomic E-state index is 15.0. The van der Waals surface area contributed by atoms with Gasteiger partial charge in [-0.05, 0) is 93.0 Å². The van der Waals surface area contributed by atoms with Gasteiger partial charge in [-0.1, -0.05) is 98.8 Å². The number of amides is 3. The number of carbonyl (C=O) groups is 3. The molecule has 0 bridgehead atoms. The summed E-state index contributed by atoms with van der Waals surface area (Å²) in [5, 5.41) is 8.07. The van der Waals surface area contributed by atoms with E-state index in [1.54, 1.807) is 25.7 Å². The van der Waals surface area contributed by atoms with E-state index < -0.39 is 23.8 Å². The fraction of sp³-hybridized carbons (Fsp3) is 0.375. The molecule has 2 N–H and O–H groups in total. The van der Waals surface area contributed by atoms with Gasteiger partial charge < -0.3 is 20.3 Å². The Morgan fingerprint density at radius 1 is 0.787 bits per heavy atom. The number of benzene rings is 4. The number of hydrogen-bond acceptors (Lipinski definition) is 4. The first-order valence-corrected chi connectivity index (χ1v) is 16.5. The molecule has 0 radical (unpaired) electrons. The molecule has 7 nitrogen and oxygen atoms in total. The zero-order chi connectivity index (χ0) is 34.1. The van der Waals surface area contributed by atoms with Crippen molar-refractivity contribution in [3.63, 3.8) is 0 Å². The summed E-state index contributed by atoms with van der Waals surface area (Å²) in [6, 6.07) is 28.7. The molecule has 0 heterocycles. The number of carbonyl (C=O) groups excluding carboxylic acids is 3. The van der Waals surface area contributed by atoms with Crippen molar-refractivity contribution in [3.05, 3.63) is 114 Å². The van der Waals surface area contributed by atoms with Crippen LogP contribution in [0.15, 0.2) is 97.1 Å². The monoisotopic (exact) mass is 635 g/mol. The van der Waals surface area contributed by atoms with Crippen molar-refractivity contribution in [2.75, 3.05) is 5.32 Å². The number of anilines is 1. The maximum absolute atomic E-state index is 15.0. The highest BCUT2D eigenvalue weighted by atomic mass is 16.6. The van der Waals surface area contributed by atoms with Gasteiger partial charge in [0.05, 0.1) is 0 Å². The molecule has 3 unspecified atom stereocenters. The van der Waals surface area contributed by atoms with E-state index in [9.17, 15) is 14.4 Å². The van der Waals surface area contributed by atoms with Crippen LogP contribution in [0.1, 0.15) is 77.1 Å². The van der Waals surface area contributed by atoms with Gasteiger partial charge in [-0.25, -0.2) is 4.79 Å². The molecule has 0 aromatic heterocycles. The third-order valence-corrected chi connectivity index (χ3v) is 8.19. The molecule has 47 heavy (non-hydrogen) atoms. The van der Waals surface area contributed by atoms with E-state index in [2.05, 4.69) is 24.5 Å². The summed E-state index contributed by atoms with van der Waals surface area (Å²) < 4.78 is 5.60. The lowest BCUT2D eigenvalue weighted by molar-refractivity contribution is -0.143. The van der Waals surface area contributed by atoms with Crippen LogP contribution in [0, 0.1) is 12.8 Å². The average Bonchev–Trinajstić information content (AvgIpc) is 3.02. The molecule has 248 valence electrons. The van der Waals surface area contributed by atoms with Gasteiger partial charge in [0, 0.05) is 18.2 Å². The Bertz CT molecular complexity index is 1660. The van der Waals surface area contributed by atoms with Crippen molar-refractivity contribution >= 4 is 34.4 Å². The minimum absolute atomic E-state index is 0.235. The van der Waals surface area contributed by atoms with E-state index >= 15 is 0 Å². The molecular weight excluding hydrogens is 586 g/mol. The lowest BCUT2D eigenvalue weighted by Crippen LogP contribution is -2.55. The molecule has 0 aliphatic heterocycles. The molecular formula is C40H49N3O4. The van der Waals surface area contributed by atoms with E-state index in [1.165, 1.54) is 0 Å². The second-order valence-corrected chi connectivity index (χ2v) is 13.8. The molecule has 4 aromatic carbocycles. The van der Waals surface area contributed by atoms with Crippen LogP contribution in [0.25, 0.3) is 10.8 Å². The van der Waals surface area contributed by atoms with E-state index in [0.29, 0.717) is 18.0 Å². The van der Waals surface area contributed by atoms with Crippen molar-refractivity contribution in [1.29, 1.82) is 0 Å². The van der Waals surface area contributed by atoms with Gasteiger partial charge in [0.15, 0.2) is 0 Å². The number of nitrogens with one attached hydrogen (secondary N) is 2. The van der Waals surface area contributed by atoms with Crippen LogP contribution < -0.4 is 10.6 Å². The number of aryl methyl sites for hydroxylation is 1. The number of alkyl carbamates (subject to hydrolysis) is 1. The van der Waals surface area contributed by atoms with Crippen molar-refractivity contribution in [2.45, 2.75) is 91.5 Å². The Labute approximate surface area is 279 Å². The van der Waals surface area contributed by atoms with Gasteiger partial charge in [-0.3, -0.25) is 9.59 Å². The first kappa shape index (κ1) is 35.2. The molecule has 0 saturated heterocycles. The van der Waals surface area contributed by atoms with Crippen LogP contribution in [0.5, 0.6) is 0 Å². The summed E-state index contributed by atoms with van der Waals surface area (Å²) in [5.41, 5.74) is 2.39. The number of rotatable bonds is 12. The summed E-state index contributed by atoms with van der Waals surface area (Å²) in [6.45, 7) is 13.6. The molecule has 3 amide bonds. The topological polar surface area (TPSA) is 87.7 Å². The second-order valence-electron chi connectivity index (χ2n) is 13.8. The zero-order valence-electron chi connectivity index (χ0n) is 28.7. The van der Waals surface area contributed by atoms with Crippen LogP contribution in [-0.4, -0.2) is 40.5 Å². The Balaban J connectivity index is 1.80. The molecule has 0 aliphatic carbocycles. The summed E-state index contributed by atoms with van der Waals surface area (Å²) >= 11 is 0. The number of hydrogen-bond donors (Lipinski definition) is 2. The van der Waals surface area contributed by atoms with E-state index in [1.807, 2.05) is 111 Å². The van der Waals surface area contributed by atoms with E-state index in [4.69, 9.17) is 4.74 Å². The van der Waals surface area contributed by atoms with Crippen LogP contribution in [0.3, 0.4) is 0 Å². The third-order valence-electron chi connectivity index (χ3n) is 8.19. The highest BCUT2D eigenvalue weighted by Gasteiger charge is 2.39. The molecule has 4 rings (SSSR count). The largest absolute Gasteiger partial charge is 0.444 e. The van der Waals surface area contributed by atoms with E-state index in [-0.39, 0.29) is 24.3 Å². The van der Waals surface area contributed by atoms with Gasteiger partial charge in [-0.15, -0.1) is 0 Å². The predicted octanol–water partition coefficient (Wildman–Crippen LogP) is 8.62. The van der Waals surface area contributed by atoms with Crippen LogP contribution >= 0.6 is 0 Å². The molecule has 0 aliphatic rings. The van der Waals surface area contributed by atoms with Crippen molar-refractivity contribution in [1.82, 2.24) is 10.2 Å². The average molecular weight is 636 g/mol. The lowest BCUT2D eigenvalue weighted by Gasteiger charge is -2.39. The van der Waals surface area contributed by atoms with Crippen LogP contribution in [0.2, 0.25) is 0 Å².